The molecule has 0 saturated heterocycles. The zero-order valence-electron chi connectivity index (χ0n) is 12.4. The first-order chi connectivity index (χ1) is 9.36. The molecule has 20 heavy (non-hydrogen) atoms. The van der Waals surface area contributed by atoms with Gasteiger partial charge in [0.25, 0.3) is 0 Å². The highest BCUT2D eigenvalue weighted by molar-refractivity contribution is 6.30. The molecule has 0 saturated carbocycles. The second-order valence-corrected chi connectivity index (χ2v) is 5.63. The number of nitrogens with zero attached hydrogens (tertiary/aromatic N) is 1. The number of ether oxygens (including phenoxy) is 1. The molecule has 2 N–H and O–H groups in total. The molecule has 0 aromatic heterocycles. The molecule has 1 amide bonds. The summed E-state index contributed by atoms with van der Waals surface area (Å²) in [5.74, 6) is 0.679. The van der Waals surface area contributed by atoms with Crippen molar-refractivity contribution in [3.63, 3.8) is 0 Å². The Balaban J connectivity index is 2.41. The van der Waals surface area contributed by atoms with Crippen molar-refractivity contribution in [3.8, 4) is 5.75 Å². The second-order valence-electron chi connectivity index (χ2n) is 5.20. The SMILES string of the molecule is CCCC(C)(N)C(=O)N(C)CCOc1ccc(Cl)cc1. The van der Waals surface area contributed by atoms with E-state index in [1.807, 2.05) is 6.92 Å². The smallest absolute Gasteiger partial charge is 0.242 e. The molecular weight excluding hydrogens is 276 g/mol. The van der Waals surface area contributed by atoms with Crippen molar-refractivity contribution < 1.29 is 9.53 Å². The molecule has 1 atom stereocenters. The van der Waals surface area contributed by atoms with E-state index in [2.05, 4.69) is 0 Å². The van der Waals surface area contributed by atoms with E-state index >= 15 is 0 Å². The third kappa shape index (κ3) is 5.02. The van der Waals surface area contributed by atoms with E-state index in [0.29, 0.717) is 24.6 Å². The topological polar surface area (TPSA) is 55.6 Å². The first kappa shape index (κ1) is 16.8. The van der Waals surface area contributed by atoms with E-state index in [1.54, 1.807) is 43.1 Å². The highest BCUT2D eigenvalue weighted by Crippen LogP contribution is 2.16. The van der Waals surface area contributed by atoms with E-state index < -0.39 is 5.54 Å². The fourth-order valence-electron chi connectivity index (χ4n) is 2.00. The normalized spacial score (nSPS) is 13.7. The van der Waals surface area contributed by atoms with Crippen molar-refractivity contribution in [1.29, 1.82) is 0 Å². The summed E-state index contributed by atoms with van der Waals surface area (Å²) in [6.07, 6.45) is 1.56. The predicted octanol–water partition coefficient (Wildman–Crippen LogP) is 2.69. The Morgan fingerprint density at radius 2 is 2.00 bits per heavy atom. The van der Waals surface area contributed by atoms with E-state index in [-0.39, 0.29) is 5.91 Å². The first-order valence-corrected chi connectivity index (χ1v) is 7.17. The maximum atomic E-state index is 12.2. The molecule has 0 aliphatic heterocycles. The van der Waals surface area contributed by atoms with Gasteiger partial charge in [-0.1, -0.05) is 24.9 Å². The highest BCUT2D eigenvalue weighted by Gasteiger charge is 2.29. The van der Waals surface area contributed by atoms with Crippen LogP contribution < -0.4 is 10.5 Å². The molecule has 0 bridgehead atoms. The number of rotatable bonds is 7. The fourth-order valence-corrected chi connectivity index (χ4v) is 2.12. The molecule has 0 heterocycles. The van der Waals surface area contributed by atoms with Gasteiger partial charge in [0.2, 0.25) is 5.91 Å². The average molecular weight is 299 g/mol. The number of hydrogen-bond acceptors (Lipinski definition) is 3. The summed E-state index contributed by atoms with van der Waals surface area (Å²) in [5.41, 5.74) is 5.22. The molecule has 1 rings (SSSR count). The maximum absolute atomic E-state index is 12.2. The van der Waals surface area contributed by atoms with E-state index in [1.165, 1.54) is 0 Å². The minimum absolute atomic E-state index is 0.0564. The molecule has 0 spiro atoms. The summed E-state index contributed by atoms with van der Waals surface area (Å²) in [7, 11) is 1.74. The Labute approximate surface area is 125 Å². The number of nitrogens with two attached hydrogens (primary N) is 1. The van der Waals surface area contributed by atoms with Gasteiger partial charge in [0.15, 0.2) is 0 Å². The van der Waals surface area contributed by atoms with Gasteiger partial charge in [-0.2, -0.15) is 0 Å². The van der Waals surface area contributed by atoms with Crippen molar-refractivity contribution in [2.45, 2.75) is 32.2 Å². The van der Waals surface area contributed by atoms with Gasteiger partial charge in [-0.3, -0.25) is 4.79 Å². The van der Waals surface area contributed by atoms with Crippen molar-refractivity contribution in [2.24, 2.45) is 5.73 Å². The van der Waals surface area contributed by atoms with Gasteiger partial charge in [0.05, 0.1) is 12.1 Å². The van der Waals surface area contributed by atoms with Gasteiger partial charge in [-0.25, -0.2) is 0 Å². The summed E-state index contributed by atoms with van der Waals surface area (Å²) in [6, 6.07) is 7.14. The van der Waals surface area contributed by atoms with Gasteiger partial charge in [-0.15, -0.1) is 0 Å². The number of likely N-dealkylation sites (N-methyl/N-ethyl adjacent to an activating group) is 1. The summed E-state index contributed by atoms with van der Waals surface area (Å²) < 4.78 is 5.56. The van der Waals surface area contributed by atoms with Crippen LogP contribution in [-0.4, -0.2) is 36.5 Å². The molecule has 0 aliphatic carbocycles. The molecule has 112 valence electrons. The Morgan fingerprint density at radius 1 is 1.40 bits per heavy atom. The fraction of sp³-hybridized carbons (Fsp3) is 0.533. The molecule has 1 unspecified atom stereocenters. The number of halogens is 1. The van der Waals surface area contributed by atoms with Crippen molar-refractivity contribution >= 4 is 17.5 Å². The van der Waals surface area contributed by atoms with Crippen LogP contribution in [0.5, 0.6) is 5.75 Å². The number of benzene rings is 1. The number of amides is 1. The Kier molecular flexibility index (Phi) is 6.30. The van der Waals surface area contributed by atoms with Crippen LogP contribution in [0.2, 0.25) is 5.02 Å². The lowest BCUT2D eigenvalue weighted by Crippen LogP contribution is -2.52. The molecule has 1 aromatic carbocycles. The lowest BCUT2D eigenvalue weighted by molar-refractivity contribution is -0.135. The summed E-state index contributed by atoms with van der Waals surface area (Å²) in [6.45, 7) is 4.71. The third-order valence-electron chi connectivity index (χ3n) is 3.11. The average Bonchev–Trinajstić information content (AvgIpc) is 2.40. The summed E-state index contributed by atoms with van der Waals surface area (Å²) in [4.78, 5) is 13.8. The van der Waals surface area contributed by atoms with E-state index in [9.17, 15) is 4.79 Å². The molecule has 0 fully saturated rings. The molecule has 5 heteroatoms. The van der Waals surface area contributed by atoms with Crippen LogP contribution in [-0.2, 0) is 4.79 Å². The van der Waals surface area contributed by atoms with Gasteiger partial charge in [0, 0.05) is 12.1 Å². The Bertz CT molecular complexity index is 432. The van der Waals surface area contributed by atoms with Crippen molar-refractivity contribution in [3.05, 3.63) is 29.3 Å². The van der Waals surface area contributed by atoms with Gasteiger partial charge in [-0.05, 0) is 37.6 Å². The molecule has 4 nitrogen and oxygen atoms in total. The lowest BCUT2D eigenvalue weighted by Gasteiger charge is -2.28. The van der Waals surface area contributed by atoms with Crippen LogP contribution in [0.4, 0.5) is 0 Å². The zero-order chi connectivity index (χ0) is 15.2. The van der Waals surface area contributed by atoms with Crippen LogP contribution in [0, 0.1) is 0 Å². The monoisotopic (exact) mass is 298 g/mol. The predicted molar refractivity (Wildman–Crippen MR) is 82.1 cm³/mol. The van der Waals surface area contributed by atoms with Crippen LogP contribution >= 0.6 is 11.6 Å². The van der Waals surface area contributed by atoms with Crippen LogP contribution in [0.3, 0.4) is 0 Å². The van der Waals surface area contributed by atoms with Crippen LogP contribution in [0.15, 0.2) is 24.3 Å². The largest absolute Gasteiger partial charge is 0.492 e. The van der Waals surface area contributed by atoms with Crippen LogP contribution in [0.25, 0.3) is 0 Å². The minimum Gasteiger partial charge on any atom is -0.492 e. The first-order valence-electron chi connectivity index (χ1n) is 6.79. The molecule has 0 aliphatic rings. The zero-order valence-corrected chi connectivity index (χ0v) is 13.1. The standard InChI is InChI=1S/C15H23ClN2O2/c1-4-9-15(2,17)14(19)18(3)10-11-20-13-7-5-12(16)6-8-13/h5-8H,4,9-11,17H2,1-3H3. The van der Waals surface area contributed by atoms with Crippen LogP contribution in [0.1, 0.15) is 26.7 Å². The molecule has 0 radical (unpaired) electrons. The number of carbonyl (C=O) groups is 1. The maximum Gasteiger partial charge on any atom is 0.242 e. The van der Waals surface area contributed by atoms with E-state index in [4.69, 9.17) is 22.1 Å². The van der Waals surface area contributed by atoms with E-state index in [0.717, 1.165) is 12.2 Å². The van der Waals surface area contributed by atoms with Crippen molar-refractivity contribution in [1.82, 2.24) is 4.90 Å². The molecule has 1 aromatic rings. The summed E-state index contributed by atoms with van der Waals surface area (Å²) >= 11 is 5.80. The Morgan fingerprint density at radius 3 is 2.55 bits per heavy atom. The quantitative estimate of drug-likeness (QED) is 0.842. The Hall–Kier alpha value is -1.26. The van der Waals surface area contributed by atoms with Gasteiger partial charge < -0.3 is 15.4 Å². The summed E-state index contributed by atoms with van der Waals surface area (Å²) in [5, 5.41) is 0.670. The number of carbonyl (C=O) groups excluding carboxylic acids is 1. The van der Waals surface area contributed by atoms with Gasteiger partial charge in [0.1, 0.15) is 12.4 Å². The van der Waals surface area contributed by atoms with Gasteiger partial charge >= 0.3 is 0 Å². The second kappa shape index (κ2) is 7.50. The number of hydrogen-bond donors (Lipinski definition) is 1. The lowest BCUT2D eigenvalue weighted by atomic mass is 9.96. The molecular formula is C15H23ClN2O2. The minimum atomic E-state index is -0.802. The van der Waals surface area contributed by atoms with Crippen molar-refractivity contribution in [2.75, 3.05) is 20.2 Å². The highest BCUT2D eigenvalue weighted by atomic mass is 35.5. The third-order valence-corrected chi connectivity index (χ3v) is 3.37.